The zero-order valence-electron chi connectivity index (χ0n) is 35.9. The van der Waals surface area contributed by atoms with Crippen LogP contribution < -0.4 is 31.9 Å². The van der Waals surface area contributed by atoms with Gasteiger partial charge >= 0.3 is 0 Å². The lowest BCUT2D eigenvalue weighted by Crippen LogP contribution is -2.51. The fraction of sp³-hybridized carbons (Fsp3) is 0.0893. The second kappa shape index (κ2) is 19.8. The zero-order valence-corrected chi connectivity index (χ0v) is 35.9. The number of pyridine rings is 2. The standard InChI is InChI=1S/C18H15B.C14H13N.C12H10B.C12H11N3/c1-4-10-16(11-5-1)19(17-12-6-2-7-13-17)18-14-8-3-9-15-18;1-9-8-13-12(10(9)2)6-5-11-4-3-7-15-14(11)13;1-3-7-11(8-4-1)13-12-9-5-2-6-10-12;1-8-14-12-10(15(8)2)6-5-9-4-3-7-13-11(9)12/h1-15H;3-7H,8H2,1-2H3;1-10H;3-7H,1-2H3/p+1. The van der Waals surface area contributed by atoms with E-state index in [0.29, 0.717) is 6.71 Å². The normalized spacial score (nSPS) is 11.4. The summed E-state index contributed by atoms with van der Waals surface area (Å²) in [5, 5.41) is 2.42. The molecule has 0 amide bonds. The second-order valence-corrected chi connectivity index (χ2v) is 15.7. The highest BCUT2D eigenvalue weighted by atomic mass is 15.1. The van der Waals surface area contributed by atoms with Gasteiger partial charge in [0.05, 0.1) is 12.6 Å². The molecule has 10 aromatic rings. The largest absolute Gasteiger partial charge is 0.256 e. The molecular formula is C56H50B2N4+. The quantitative estimate of drug-likeness (QED) is 0.140. The summed E-state index contributed by atoms with van der Waals surface area (Å²) in [5.41, 5.74) is 16.7. The van der Waals surface area contributed by atoms with Crippen molar-refractivity contribution >= 4 is 79.7 Å². The molecule has 0 bridgehead atoms. The van der Waals surface area contributed by atoms with Crippen molar-refractivity contribution in [2.75, 3.05) is 0 Å². The summed E-state index contributed by atoms with van der Waals surface area (Å²) in [7, 11) is 4.23. The van der Waals surface area contributed by atoms with Crippen LogP contribution in [0.25, 0.3) is 38.4 Å². The second-order valence-electron chi connectivity index (χ2n) is 15.7. The Morgan fingerprint density at radius 1 is 0.500 bits per heavy atom. The van der Waals surface area contributed by atoms with E-state index in [2.05, 4.69) is 231 Å². The predicted octanol–water partition coefficient (Wildman–Crippen LogP) is 8.98. The van der Waals surface area contributed by atoms with E-state index in [0.717, 1.165) is 23.3 Å². The predicted molar refractivity (Wildman–Crippen MR) is 265 cm³/mol. The van der Waals surface area contributed by atoms with Crippen molar-refractivity contribution in [3.05, 3.63) is 235 Å². The number of aromatic amines is 1. The van der Waals surface area contributed by atoms with Gasteiger partial charge in [-0.05, 0) is 61.2 Å². The fourth-order valence-electron chi connectivity index (χ4n) is 8.15. The first-order valence-electron chi connectivity index (χ1n) is 21.3. The number of rotatable bonds is 5. The van der Waals surface area contributed by atoms with E-state index in [4.69, 9.17) is 0 Å². The van der Waals surface area contributed by atoms with Crippen molar-refractivity contribution in [3.8, 4) is 0 Å². The number of nitrogens with zero attached hydrogens (tertiary/aromatic N) is 3. The summed E-state index contributed by atoms with van der Waals surface area (Å²) < 4.78 is 2.14. The van der Waals surface area contributed by atoms with Gasteiger partial charge in [-0.15, -0.1) is 0 Å². The van der Waals surface area contributed by atoms with Gasteiger partial charge in [0.15, 0.2) is 18.3 Å². The first-order valence-corrected chi connectivity index (χ1v) is 21.3. The lowest BCUT2D eigenvalue weighted by Gasteiger charge is -2.15. The van der Waals surface area contributed by atoms with Gasteiger partial charge in [0, 0.05) is 30.1 Å². The highest BCUT2D eigenvalue weighted by Gasteiger charge is 2.21. The summed E-state index contributed by atoms with van der Waals surface area (Å²) in [6.45, 7) is 6.79. The Morgan fingerprint density at radius 2 is 0.952 bits per heavy atom. The molecule has 0 fully saturated rings. The lowest BCUT2D eigenvalue weighted by molar-refractivity contribution is -0.651. The van der Waals surface area contributed by atoms with E-state index in [1.54, 1.807) is 0 Å². The molecule has 0 saturated heterocycles. The lowest BCUT2D eigenvalue weighted by atomic mass is 9.37. The van der Waals surface area contributed by atoms with Gasteiger partial charge in [-0.3, -0.25) is 9.97 Å². The summed E-state index contributed by atoms with van der Waals surface area (Å²) in [4.78, 5) is 12.3. The Labute approximate surface area is 367 Å². The number of benzene rings is 7. The number of hydrogen-bond donors (Lipinski definition) is 1. The van der Waals surface area contributed by atoms with E-state index >= 15 is 0 Å². The molecule has 1 radical (unpaired) electrons. The number of aromatic nitrogens is 4. The van der Waals surface area contributed by atoms with Gasteiger partial charge in [-0.1, -0.05) is 209 Å². The van der Waals surface area contributed by atoms with Crippen LogP contribution in [0, 0.1) is 6.92 Å². The number of hydrogen-bond acceptors (Lipinski definition) is 2. The van der Waals surface area contributed by atoms with Crippen molar-refractivity contribution in [2.24, 2.45) is 7.05 Å². The topological polar surface area (TPSA) is 45.5 Å². The molecule has 0 saturated carbocycles. The van der Waals surface area contributed by atoms with Crippen LogP contribution in [0.5, 0.6) is 0 Å². The number of allylic oxidation sites excluding steroid dienone is 2. The Bertz CT molecular complexity index is 2910. The molecule has 3 aromatic heterocycles. The van der Waals surface area contributed by atoms with E-state index in [-0.39, 0.29) is 0 Å². The number of aryl methyl sites for hydroxylation is 2. The molecule has 0 spiro atoms. The van der Waals surface area contributed by atoms with Crippen molar-refractivity contribution in [2.45, 2.75) is 27.2 Å². The van der Waals surface area contributed by atoms with Crippen LogP contribution in [0.2, 0.25) is 0 Å². The third-order valence-corrected chi connectivity index (χ3v) is 11.6. The molecular weight excluding hydrogens is 750 g/mol. The van der Waals surface area contributed by atoms with Gasteiger partial charge < -0.3 is 0 Å². The van der Waals surface area contributed by atoms with Crippen LogP contribution in [0.4, 0.5) is 0 Å². The van der Waals surface area contributed by atoms with Crippen LogP contribution in [-0.4, -0.2) is 28.9 Å². The van der Waals surface area contributed by atoms with Gasteiger partial charge in [-0.2, -0.15) is 0 Å². The van der Waals surface area contributed by atoms with Crippen LogP contribution in [-0.2, 0) is 13.5 Å². The average Bonchev–Trinajstić information content (AvgIpc) is 3.80. The molecule has 62 heavy (non-hydrogen) atoms. The maximum absolute atomic E-state index is 4.50. The molecule has 3 heterocycles. The molecule has 1 aliphatic carbocycles. The van der Waals surface area contributed by atoms with E-state index in [1.807, 2.05) is 36.7 Å². The number of fused-ring (bicyclic) bond motifs is 6. The van der Waals surface area contributed by atoms with E-state index < -0.39 is 0 Å². The number of H-pyrrole nitrogens is 1. The SMILES string of the molecule is CC1=C(C)c2ccc3cccnc3c2C1.Cc1[nH]c2c3ncccc3ccc2[n+]1C.[B](c1ccccc1)c1ccccc1.c1ccc(B(c2ccccc2)c2ccccc2)cc1. The molecule has 11 rings (SSSR count). The molecule has 0 atom stereocenters. The van der Waals surface area contributed by atoms with Crippen LogP contribution in [0.15, 0.2) is 218 Å². The van der Waals surface area contributed by atoms with Crippen LogP contribution in [0.3, 0.4) is 0 Å². The van der Waals surface area contributed by atoms with Crippen molar-refractivity contribution < 1.29 is 4.57 Å². The number of nitrogens with one attached hydrogen (secondary N) is 1. The first-order chi connectivity index (χ1) is 30.4. The average molecular weight is 801 g/mol. The van der Waals surface area contributed by atoms with Gasteiger partial charge in [0.1, 0.15) is 5.52 Å². The molecule has 0 unspecified atom stereocenters. The maximum Gasteiger partial charge on any atom is 0.251 e. The molecule has 4 nitrogen and oxygen atoms in total. The summed E-state index contributed by atoms with van der Waals surface area (Å²) in [5.74, 6) is 1.14. The fourth-order valence-corrected chi connectivity index (χ4v) is 8.15. The Morgan fingerprint density at radius 3 is 1.47 bits per heavy atom. The van der Waals surface area contributed by atoms with Gasteiger partial charge in [0.2, 0.25) is 6.71 Å². The highest BCUT2D eigenvalue weighted by molar-refractivity contribution is 6.95. The van der Waals surface area contributed by atoms with E-state index in [9.17, 15) is 0 Å². The Hall–Kier alpha value is -7.30. The monoisotopic (exact) mass is 800 g/mol. The summed E-state index contributed by atoms with van der Waals surface area (Å²) in [6, 6.07) is 69.5. The Balaban J connectivity index is 0.000000115. The first kappa shape index (κ1) is 41.4. The van der Waals surface area contributed by atoms with Crippen LogP contribution >= 0.6 is 0 Å². The third-order valence-electron chi connectivity index (χ3n) is 11.6. The molecule has 7 aromatic carbocycles. The van der Waals surface area contributed by atoms with Crippen molar-refractivity contribution in [1.29, 1.82) is 0 Å². The Kier molecular flexibility index (Phi) is 13.3. The molecule has 1 aliphatic rings. The summed E-state index contributed by atoms with van der Waals surface area (Å²) in [6.07, 6.45) is 4.78. The molecule has 299 valence electrons. The molecule has 1 N–H and O–H groups in total. The minimum absolute atomic E-state index is 0.309. The summed E-state index contributed by atoms with van der Waals surface area (Å²) >= 11 is 0. The molecule has 0 aliphatic heterocycles. The minimum atomic E-state index is 0.309. The van der Waals surface area contributed by atoms with E-state index in [1.165, 1.54) is 71.4 Å². The zero-order chi connectivity index (χ0) is 42.7. The van der Waals surface area contributed by atoms with Gasteiger partial charge in [0.25, 0.3) is 5.82 Å². The minimum Gasteiger partial charge on any atom is -0.256 e. The van der Waals surface area contributed by atoms with Crippen LogP contribution in [0.1, 0.15) is 30.8 Å². The molecule has 6 heteroatoms. The van der Waals surface area contributed by atoms with Gasteiger partial charge in [-0.25, -0.2) is 9.55 Å². The smallest absolute Gasteiger partial charge is 0.251 e. The highest BCUT2D eigenvalue weighted by Crippen LogP contribution is 2.35. The number of imidazole rings is 1. The third kappa shape index (κ3) is 9.67. The maximum atomic E-state index is 4.50. The van der Waals surface area contributed by atoms with Crippen molar-refractivity contribution in [3.63, 3.8) is 0 Å². The van der Waals surface area contributed by atoms with Crippen molar-refractivity contribution in [1.82, 2.24) is 15.0 Å².